The fraction of sp³-hybridized carbons (Fsp3) is 0.353. The van der Waals surface area contributed by atoms with Gasteiger partial charge in [0.25, 0.3) is 0 Å². The van der Waals surface area contributed by atoms with Crippen molar-refractivity contribution in [3.05, 3.63) is 52.2 Å². The standard InChI is InChI=1S/C17H20N2OS2/c1-19(2)13(15-8-5-9-21-15)11-18-17(20)16-10-12-6-3-4-7-14(12)22-16/h3-9,13,16H,10-11H2,1-2H3,(H,18,20). The van der Waals surface area contributed by atoms with Gasteiger partial charge in [0.15, 0.2) is 0 Å². The van der Waals surface area contributed by atoms with Gasteiger partial charge in [0, 0.05) is 16.3 Å². The van der Waals surface area contributed by atoms with E-state index in [0.29, 0.717) is 6.54 Å². The first-order chi connectivity index (χ1) is 10.6. The summed E-state index contributed by atoms with van der Waals surface area (Å²) in [6, 6.07) is 12.7. The molecule has 1 aliphatic rings. The maximum Gasteiger partial charge on any atom is 0.233 e. The number of nitrogens with one attached hydrogen (secondary N) is 1. The first-order valence-corrected chi connectivity index (χ1v) is 9.13. The van der Waals surface area contributed by atoms with Gasteiger partial charge >= 0.3 is 0 Å². The average Bonchev–Trinajstić information content (AvgIpc) is 3.16. The Morgan fingerprint density at radius 3 is 2.82 bits per heavy atom. The molecule has 1 N–H and O–H groups in total. The van der Waals surface area contributed by atoms with E-state index < -0.39 is 0 Å². The number of amides is 1. The lowest BCUT2D eigenvalue weighted by molar-refractivity contribution is -0.120. The number of nitrogens with zero attached hydrogens (tertiary/aromatic N) is 1. The van der Waals surface area contributed by atoms with E-state index in [1.54, 1.807) is 23.1 Å². The van der Waals surface area contributed by atoms with Crippen molar-refractivity contribution in [3.63, 3.8) is 0 Å². The highest BCUT2D eigenvalue weighted by molar-refractivity contribution is 8.01. The maximum absolute atomic E-state index is 12.5. The van der Waals surface area contributed by atoms with Crippen molar-refractivity contribution in [3.8, 4) is 0 Å². The minimum Gasteiger partial charge on any atom is -0.353 e. The van der Waals surface area contributed by atoms with Gasteiger partial charge in [-0.3, -0.25) is 4.79 Å². The van der Waals surface area contributed by atoms with E-state index in [9.17, 15) is 4.79 Å². The molecule has 1 amide bonds. The second kappa shape index (κ2) is 6.86. The van der Waals surface area contributed by atoms with E-state index in [4.69, 9.17) is 0 Å². The van der Waals surface area contributed by atoms with Crippen LogP contribution in [0.3, 0.4) is 0 Å². The van der Waals surface area contributed by atoms with Gasteiger partial charge in [-0.05, 0) is 43.6 Å². The summed E-state index contributed by atoms with van der Waals surface area (Å²) < 4.78 is 0. The number of likely N-dealkylation sites (N-methyl/N-ethyl adjacent to an activating group) is 1. The Hall–Kier alpha value is -1.30. The molecule has 22 heavy (non-hydrogen) atoms. The van der Waals surface area contributed by atoms with Gasteiger partial charge in [-0.25, -0.2) is 0 Å². The number of hydrogen-bond donors (Lipinski definition) is 1. The zero-order valence-electron chi connectivity index (χ0n) is 12.8. The van der Waals surface area contributed by atoms with Crippen molar-refractivity contribution in [1.29, 1.82) is 0 Å². The number of rotatable bonds is 5. The second-order valence-electron chi connectivity index (χ2n) is 5.66. The number of carbonyl (C=O) groups excluding carboxylic acids is 1. The fourth-order valence-corrected chi connectivity index (χ4v) is 4.80. The molecule has 0 fully saturated rings. The third-order valence-electron chi connectivity index (χ3n) is 3.90. The van der Waals surface area contributed by atoms with Gasteiger partial charge in [-0.1, -0.05) is 24.3 Å². The summed E-state index contributed by atoms with van der Waals surface area (Å²) in [6.07, 6.45) is 0.832. The summed E-state index contributed by atoms with van der Waals surface area (Å²) in [5.41, 5.74) is 1.29. The molecule has 2 unspecified atom stereocenters. The Balaban J connectivity index is 1.59. The first-order valence-electron chi connectivity index (χ1n) is 7.37. The van der Waals surface area contributed by atoms with E-state index >= 15 is 0 Å². The van der Waals surface area contributed by atoms with Crippen LogP contribution in [0.2, 0.25) is 0 Å². The number of benzene rings is 1. The van der Waals surface area contributed by atoms with Crippen LogP contribution >= 0.6 is 23.1 Å². The molecule has 0 saturated heterocycles. The molecule has 2 heterocycles. The number of thiophene rings is 1. The molecule has 2 atom stereocenters. The number of hydrogen-bond acceptors (Lipinski definition) is 4. The Bertz CT molecular complexity index is 615. The molecule has 0 saturated carbocycles. The molecule has 116 valence electrons. The highest BCUT2D eigenvalue weighted by Gasteiger charge is 2.28. The van der Waals surface area contributed by atoms with Crippen LogP contribution in [0.5, 0.6) is 0 Å². The van der Waals surface area contributed by atoms with Gasteiger partial charge in [0.1, 0.15) is 0 Å². The third kappa shape index (κ3) is 3.37. The predicted octanol–water partition coefficient (Wildman–Crippen LogP) is 3.18. The quantitative estimate of drug-likeness (QED) is 0.913. The van der Waals surface area contributed by atoms with Crippen LogP contribution < -0.4 is 5.32 Å². The zero-order valence-corrected chi connectivity index (χ0v) is 14.4. The molecule has 3 nitrogen and oxygen atoms in total. The lowest BCUT2D eigenvalue weighted by atomic mass is 10.1. The van der Waals surface area contributed by atoms with E-state index in [1.165, 1.54) is 15.3 Å². The molecule has 0 bridgehead atoms. The molecule has 1 aliphatic heterocycles. The van der Waals surface area contributed by atoms with Crippen LogP contribution in [0, 0.1) is 0 Å². The van der Waals surface area contributed by atoms with E-state index in [1.807, 2.05) is 12.1 Å². The van der Waals surface area contributed by atoms with Crippen LogP contribution in [0.4, 0.5) is 0 Å². The van der Waals surface area contributed by atoms with Crippen LogP contribution in [-0.4, -0.2) is 36.7 Å². The molecule has 1 aromatic heterocycles. The Kier molecular flexibility index (Phi) is 4.86. The summed E-state index contributed by atoms with van der Waals surface area (Å²) in [5.74, 6) is 0.143. The largest absolute Gasteiger partial charge is 0.353 e. The molecule has 0 spiro atoms. The van der Waals surface area contributed by atoms with Crippen molar-refractivity contribution >= 4 is 29.0 Å². The monoisotopic (exact) mass is 332 g/mol. The Morgan fingerprint density at radius 2 is 2.14 bits per heavy atom. The molecule has 0 radical (unpaired) electrons. The van der Waals surface area contributed by atoms with E-state index in [-0.39, 0.29) is 17.2 Å². The fourth-order valence-electron chi connectivity index (χ4n) is 2.66. The summed E-state index contributed by atoms with van der Waals surface area (Å²) in [6.45, 7) is 0.653. The molecular weight excluding hydrogens is 312 g/mol. The minimum absolute atomic E-state index is 0.00329. The van der Waals surface area contributed by atoms with Gasteiger partial charge < -0.3 is 10.2 Å². The summed E-state index contributed by atoms with van der Waals surface area (Å²) in [5, 5.41) is 5.22. The molecule has 1 aromatic carbocycles. The molecule has 5 heteroatoms. The van der Waals surface area contributed by atoms with Crippen LogP contribution in [0.1, 0.15) is 16.5 Å². The van der Waals surface area contributed by atoms with Crippen LogP contribution in [-0.2, 0) is 11.2 Å². The number of fused-ring (bicyclic) bond motifs is 1. The highest BCUT2D eigenvalue weighted by Crippen LogP contribution is 2.36. The first kappa shape index (κ1) is 15.6. The van der Waals surface area contributed by atoms with Gasteiger partial charge in [0.05, 0.1) is 11.3 Å². The third-order valence-corrected chi connectivity index (χ3v) is 6.20. The van der Waals surface area contributed by atoms with Crippen molar-refractivity contribution < 1.29 is 4.79 Å². The minimum atomic E-state index is 0.00329. The van der Waals surface area contributed by atoms with Crippen LogP contribution in [0.25, 0.3) is 0 Å². The summed E-state index contributed by atoms with van der Waals surface area (Å²) >= 11 is 3.41. The maximum atomic E-state index is 12.5. The van der Waals surface area contributed by atoms with Gasteiger partial charge in [-0.15, -0.1) is 23.1 Å². The number of thioether (sulfide) groups is 1. The topological polar surface area (TPSA) is 32.3 Å². The van der Waals surface area contributed by atoms with Crippen LogP contribution in [0.15, 0.2) is 46.7 Å². The SMILES string of the molecule is CN(C)C(CNC(=O)C1Cc2ccccc2S1)c1cccs1. The molecule has 2 aromatic rings. The zero-order chi connectivity index (χ0) is 15.5. The summed E-state index contributed by atoms with van der Waals surface area (Å²) in [7, 11) is 4.10. The van der Waals surface area contributed by atoms with Crippen molar-refractivity contribution in [2.45, 2.75) is 22.6 Å². The van der Waals surface area contributed by atoms with Crippen molar-refractivity contribution in [1.82, 2.24) is 10.2 Å². The van der Waals surface area contributed by atoms with Crippen molar-refractivity contribution in [2.24, 2.45) is 0 Å². The highest BCUT2D eigenvalue weighted by atomic mass is 32.2. The lowest BCUT2D eigenvalue weighted by Crippen LogP contribution is -2.38. The smallest absolute Gasteiger partial charge is 0.233 e. The second-order valence-corrected chi connectivity index (χ2v) is 7.88. The predicted molar refractivity (Wildman–Crippen MR) is 93.5 cm³/mol. The average molecular weight is 332 g/mol. The number of carbonyl (C=O) groups is 1. The Morgan fingerprint density at radius 1 is 1.32 bits per heavy atom. The van der Waals surface area contributed by atoms with E-state index in [0.717, 1.165) is 6.42 Å². The normalized spacial score (nSPS) is 18.2. The lowest BCUT2D eigenvalue weighted by Gasteiger charge is -2.24. The van der Waals surface area contributed by atoms with Gasteiger partial charge in [0.2, 0.25) is 5.91 Å². The Labute approximate surface area is 139 Å². The summed E-state index contributed by atoms with van der Waals surface area (Å²) in [4.78, 5) is 17.1. The molecular formula is C17H20N2OS2. The van der Waals surface area contributed by atoms with E-state index in [2.05, 4.69) is 54.0 Å². The molecule has 3 rings (SSSR count). The molecule has 0 aliphatic carbocycles. The van der Waals surface area contributed by atoms with Gasteiger partial charge in [-0.2, -0.15) is 0 Å². The van der Waals surface area contributed by atoms with Crippen molar-refractivity contribution in [2.75, 3.05) is 20.6 Å².